The summed E-state index contributed by atoms with van der Waals surface area (Å²) in [4.78, 5) is 0. The molecule has 0 spiro atoms. The van der Waals surface area contributed by atoms with E-state index in [0.29, 0.717) is 11.5 Å². The number of rotatable bonds is 3. The minimum atomic E-state index is 0.0828. The van der Waals surface area contributed by atoms with Crippen molar-refractivity contribution >= 4 is 0 Å². The van der Waals surface area contributed by atoms with E-state index in [4.69, 9.17) is 4.74 Å². The van der Waals surface area contributed by atoms with Crippen LogP contribution in [-0.2, 0) is 4.74 Å². The van der Waals surface area contributed by atoms with E-state index in [-0.39, 0.29) is 5.60 Å². The van der Waals surface area contributed by atoms with Crippen molar-refractivity contribution in [3.05, 3.63) is 0 Å². The summed E-state index contributed by atoms with van der Waals surface area (Å²) in [6, 6.07) is 0.531. The molecule has 1 aliphatic rings. The fourth-order valence-electron chi connectivity index (χ4n) is 1.65. The quantitative estimate of drug-likeness (QED) is 0.754. The fourth-order valence-corrected chi connectivity index (χ4v) is 1.65. The van der Waals surface area contributed by atoms with Crippen molar-refractivity contribution < 1.29 is 4.74 Å². The van der Waals surface area contributed by atoms with E-state index in [2.05, 4.69) is 39.9 Å². The molecule has 1 fully saturated rings. The van der Waals surface area contributed by atoms with Crippen LogP contribution in [0.1, 0.15) is 47.5 Å². The van der Waals surface area contributed by atoms with E-state index in [9.17, 15) is 0 Å². The summed E-state index contributed by atoms with van der Waals surface area (Å²) in [5, 5.41) is 3.58. The van der Waals surface area contributed by atoms with E-state index < -0.39 is 0 Å². The molecule has 0 aromatic heterocycles. The molecule has 1 saturated heterocycles. The molecule has 0 aliphatic carbocycles. The third-order valence-corrected chi connectivity index (χ3v) is 3.38. The first-order valence-electron chi connectivity index (χ1n) is 5.71. The van der Waals surface area contributed by atoms with Crippen molar-refractivity contribution in [3.8, 4) is 0 Å². The molecule has 2 unspecified atom stereocenters. The van der Waals surface area contributed by atoms with Crippen molar-refractivity contribution in [1.82, 2.24) is 5.32 Å². The van der Waals surface area contributed by atoms with E-state index >= 15 is 0 Å². The molecule has 0 bridgehead atoms. The van der Waals surface area contributed by atoms with Crippen LogP contribution in [0.2, 0.25) is 0 Å². The molecule has 1 heterocycles. The van der Waals surface area contributed by atoms with Crippen LogP contribution in [0.15, 0.2) is 0 Å². The summed E-state index contributed by atoms with van der Waals surface area (Å²) in [6.07, 6.45) is 2.40. The summed E-state index contributed by atoms with van der Waals surface area (Å²) in [5.41, 5.74) is 0.411. The molecule has 2 atom stereocenters. The highest BCUT2D eigenvalue weighted by atomic mass is 16.5. The molecule has 0 aromatic carbocycles. The van der Waals surface area contributed by atoms with Crippen LogP contribution in [0.25, 0.3) is 0 Å². The van der Waals surface area contributed by atoms with Gasteiger partial charge in [-0.1, -0.05) is 20.8 Å². The van der Waals surface area contributed by atoms with Gasteiger partial charge in [-0.25, -0.2) is 0 Å². The summed E-state index contributed by atoms with van der Waals surface area (Å²) >= 11 is 0. The predicted molar refractivity (Wildman–Crippen MR) is 60.5 cm³/mol. The number of hydrogen-bond donors (Lipinski definition) is 1. The van der Waals surface area contributed by atoms with Gasteiger partial charge >= 0.3 is 0 Å². The minimum absolute atomic E-state index is 0.0828. The van der Waals surface area contributed by atoms with Gasteiger partial charge in [0.15, 0.2) is 0 Å². The van der Waals surface area contributed by atoms with E-state index in [0.717, 1.165) is 13.2 Å². The first kappa shape index (κ1) is 12.0. The average molecular weight is 199 g/mol. The van der Waals surface area contributed by atoms with Gasteiger partial charge in [-0.15, -0.1) is 0 Å². The second-order valence-corrected chi connectivity index (χ2v) is 5.87. The predicted octanol–water partition coefficient (Wildman–Crippen LogP) is 2.58. The van der Waals surface area contributed by atoms with Crippen LogP contribution in [0.5, 0.6) is 0 Å². The molecule has 0 saturated carbocycles. The minimum Gasteiger partial charge on any atom is -0.374 e. The molecule has 1 aliphatic heterocycles. The Labute approximate surface area is 88.4 Å². The van der Waals surface area contributed by atoms with Crippen LogP contribution < -0.4 is 5.32 Å². The van der Waals surface area contributed by atoms with Crippen LogP contribution >= 0.6 is 0 Å². The zero-order chi connectivity index (χ0) is 10.8. The second kappa shape index (κ2) is 4.19. The maximum atomic E-state index is 5.74. The van der Waals surface area contributed by atoms with Crippen LogP contribution in [0.3, 0.4) is 0 Å². The lowest BCUT2D eigenvalue weighted by Gasteiger charge is -2.32. The summed E-state index contributed by atoms with van der Waals surface area (Å²) in [7, 11) is 0. The van der Waals surface area contributed by atoms with Gasteiger partial charge in [0.25, 0.3) is 0 Å². The highest BCUT2D eigenvalue weighted by Crippen LogP contribution is 2.25. The third-order valence-electron chi connectivity index (χ3n) is 3.38. The van der Waals surface area contributed by atoms with Gasteiger partial charge in [-0.3, -0.25) is 0 Å². The SMILES string of the molecule is CC(NCC1(C)CCCO1)C(C)(C)C. The van der Waals surface area contributed by atoms with Gasteiger partial charge in [0.05, 0.1) is 5.60 Å². The molecule has 1 rings (SSSR count). The van der Waals surface area contributed by atoms with E-state index in [1.54, 1.807) is 0 Å². The Morgan fingerprint density at radius 3 is 2.50 bits per heavy atom. The molecule has 0 radical (unpaired) electrons. The largest absolute Gasteiger partial charge is 0.374 e. The first-order chi connectivity index (χ1) is 6.33. The number of ether oxygens (including phenoxy) is 1. The number of nitrogens with one attached hydrogen (secondary N) is 1. The van der Waals surface area contributed by atoms with Gasteiger partial charge in [0, 0.05) is 19.2 Å². The summed E-state index contributed by atoms with van der Waals surface area (Å²) in [5.74, 6) is 0. The van der Waals surface area contributed by atoms with Crippen LogP contribution in [-0.4, -0.2) is 24.8 Å². The summed E-state index contributed by atoms with van der Waals surface area (Å²) in [6.45, 7) is 13.2. The van der Waals surface area contributed by atoms with Gasteiger partial charge in [-0.05, 0) is 32.1 Å². The average Bonchev–Trinajstić information content (AvgIpc) is 2.47. The van der Waals surface area contributed by atoms with Crippen molar-refractivity contribution in [2.24, 2.45) is 5.41 Å². The highest BCUT2D eigenvalue weighted by Gasteiger charge is 2.31. The highest BCUT2D eigenvalue weighted by molar-refractivity contribution is 4.85. The monoisotopic (exact) mass is 199 g/mol. The van der Waals surface area contributed by atoms with Crippen molar-refractivity contribution in [2.75, 3.05) is 13.2 Å². The number of hydrogen-bond acceptors (Lipinski definition) is 2. The second-order valence-electron chi connectivity index (χ2n) is 5.87. The lowest BCUT2D eigenvalue weighted by atomic mass is 9.87. The Kier molecular flexibility index (Phi) is 3.59. The van der Waals surface area contributed by atoms with Crippen LogP contribution in [0.4, 0.5) is 0 Å². The maximum absolute atomic E-state index is 5.74. The Morgan fingerprint density at radius 2 is 2.07 bits per heavy atom. The molecule has 84 valence electrons. The standard InChI is InChI=1S/C12H25NO/c1-10(11(2,3)4)13-9-12(5)7-6-8-14-12/h10,13H,6-9H2,1-5H3. The van der Waals surface area contributed by atoms with Crippen molar-refractivity contribution in [2.45, 2.75) is 59.1 Å². The third kappa shape index (κ3) is 3.25. The summed E-state index contributed by atoms with van der Waals surface area (Å²) < 4.78 is 5.74. The molecular weight excluding hydrogens is 174 g/mol. The smallest absolute Gasteiger partial charge is 0.0779 e. The van der Waals surface area contributed by atoms with Crippen LogP contribution in [0, 0.1) is 5.41 Å². The maximum Gasteiger partial charge on any atom is 0.0779 e. The van der Waals surface area contributed by atoms with E-state index in [1.165, 1.54) is 12.8 Å². The molecule has 0 aromatic rings. The topological polar surface area (TPSA) is 21.3 Å². The Balaban J connectivity index is 2.33. The van der Waals surface area contributed by atoms with Gasteiger partial charge in [0.2, 0.25) is 0 Å². The molecular formula is C12H25NO. The Bertz CT molecular complexity index is 177. The molecule has 0 amide bonds. The molecule has 2 nitrogen and oxygen atoms in total. The van der Waals surface area contributed by atoms with Gasteiger partial charge < -0.3 is 10.1 Å². The van der Waals surface area contributed by atoms with E-state index in [1.807, 2.05) is 0 Å². The first-order valence-corrected chi connectivity index (χ1v) is 5.71. The Hall–Kier alpha value is -0.0800. The lowest BCUT2D eigenvalue weighted by Crippen LogP contribution is -2.45. The normalized spacial score (nSPS) is 30.6. The molecule has 14 heavy (non-hydrogen) atoms. The lowest BCUT2D eigenvalue weighted by molar-refractivity contribution is 0.0162. The zero-order valence-electron chi connectivity index (χ0n) is 10.3. The zero-order valence-corrected chi connectivity index (χ0v) is 10.3. The van der Waals surface area contributed by atoms with Crippen molar-refractivity contribution in [1.29, 1.82) is 0 Å². The molecule has 1 N–H and O–H groups in total. The van der Waals surface area contributed by atoms with Gasteiger partial charge in [-0.2, -0.15) is 0 Å². The molecule has 2 heteroatoms. The van der Waals surface area contributed by atoms with Gasteiger partial charge in [0.1, 0.15) is 0 Å². The fraction of sp³-hybridized carbons (Fsp3) is 1.00. The van der Waals surface area contributed by atoms with Crippen molar-refractivity contribution in [3.63, 3.8) is 0 Å². The Morgan fingerprint density at radius 1 is 1.43 bits per heavy atom.